The summed E-state index contributed by atoms with van der Waals surface area (Å²) in [5, 5.41) is 7.87. The van der Waals surface area contributed by atoms with E-state index >= 15 is 0 Å². The van der Waals surface area contributed by atoms with Crippen molar-refractivity contribution in [2.45, 2.75) is 6.18 Å². The van der Waals surface area contributed by atoms with Crippen molar-refractivity contribution in [3.05, 3.63) is 60.6 Å². The second-order valence-corrected chi connectivity index (χ2v) is 5.84. The quantitative estimate of drug-likeness (QED) is 0.539. The van der Waals surface area contributed by atoms with Gasteiger partial charge in [0.1, 0.15) is 0 Å². The molecule has 3 aromatic heterocycles. The van der Waals surface area contributed by atoms with E-state index in [0.717, 1.165) is 23.4 Å². The van der Waals surface area contributed by atoms with Gasteiger partial charge in [0.15, 0.2) is 0 Å². The minimum Gasteiger partial charge on any atom is -0.334 e. The Balaban J connectivity index is 1.61. The average molecular weight is 371 g/mol. The Labute approximate surface area is 151 Å². The van der Waals surface area contributed by atoms with Crippen LogP contribution in [0.3, 0.4) is 0 Å². The Morgan fingerprint density at radius 1 is 1.00 bits per heavy atom. The summed E-state index contributed by atoms with van der Waals surface area (Å²) >= 11 is 0. The van der Waals surface area contributed by atoms with E-state index in [1.165, 1.54) is 12.1 Å². The number of nitrogens with zero attached hydrogens (tertiary/aromatic N) is 5. The van der Waals surface area contributed by atoms with Crippen LogP contribution in [0.25, 0.3) is 34.1 Å². The Morgan fingerprint density at radius 3 is 2.52 bits per heavy atom. The van der Waals surface area contributed by atoms with Crippen LogP contribution < -0.4 is 0 Å². The fraction of sp³-hybridized carbons (Fsp3) is 0.111. The van der Waals surface area contributed by atoms with Crippen molar-refractivity contribution >= 4 is 0 Å². The van der Waals surface area contributed by atoms with E-state index in [2.05, 4.69) is 20.2 Å². The zero-order valence-corrected chi connectivity index (χ0v) is 14.0. The zero-order chi connectivity index (χ0) is 19.0. The summed E-state index contributed by atoms with van der Waals surface area (Å²) in [5.74, 6) is 0.250. The molecule has 6 nitrogen and oxygen atoms in total. The van der Waals surface area contributed by atoms with Crippen LogP contribution >= 0.6 is 0 Å². The summed E-state index contributed by atoms with van der Waals surface area (Å²) in [4.78, 5) is 8.52. The van der Waals surface area contributed by atoms with Gasteiger partial charge >= 0.3 is 6.18 Å². The van der Waals surface area contributed by atoms with Gasteiger partial charge in [0.25, 0.3) is 5.89 Å². The first-order chi connectivity index (χ1) is 12.9. The summed E-state index contributed by atoms with van der Waals surface area (Å²) in [7, 11) is 1.81. The predicted molar refractivity (Wildman–Crippen MR) is 90.2 cm³/mol. The number of pyridine rings is 1. The van der Waals surface area contributed by atoms with E-state index in [4.69, 9.17) is 4.52 Å². The lowest BCUT2D eigenvalue weighted by Crippen LogP contribution is -2.04. The lowest BCUT2D eigenvalue weighted by molar-refractivity contribution is -0.137. The molecule has 0 atom stereocenters. The summed E-state index contributed by atoms with van der Waals surface area (Å²) in [5.41, 5.74) is 1.60. The number of halogens is 3. The molecule has 136 valence electrons. The van der Waals surface area contributed by atoms with Gasteiger partial charge in [-0.25, -0.2) is 0 Å². The maximum atomic E-state index is 12.9. The van der Waals surface area contributed by atoms with Crippen molar-refractivity contribution in [1.82, 2.24) is 24.9 Å². The van der Waals surface area contributed by atoms with E-state index < -0.39 is 11.7 Å². The smallest absolute Gasteiger partial charge is 0.334 e. The van der Waals surface area contributed by atoms with Crippen LogP contribution in [0, 0.1) is 0 Å². The molecule has 0 fully saturated rings. The second kappa shape index (κ2) is 6.35. The molecule has 0 saturated heterocycles. The van der Waals surface area contributed by atoms with E-state index in [-0.39, 0.29) is 17.3 Å². The lowest BCUT2D eigenvalue weighted by Gasteiger charge is -2.06. The molecule has 0 amide bonds. The predicted octanol–water partition coefficient (Wildman–Crippen LogP) is 4.22. The van der Waals surface area contributed by atoms with Gasteiger partial charge in [-0.3, -0.25) is 9.67 Å². The minimum atomic E-state index is -4.44. The lowest BCUT2D eigenvalue weighted by atomic mass is 10.1. The Morgan fingerprint density at radius 2 is 1.85 bits per heavy atom. The van der Waals surface area contributed by atoms with Gasteiger partial charge in [-0.1, -0.05) is 17.3 Å². The van der Waals surface area contributed by atoms with Crippen molar-refractivity contribution < 1.29 is 17.7 Å². The van der Waals surface area contributed by atoms with E-state index in [9.17, 15) is 13.2 Å². The zero-order valence-electron chi connectivity index (χ0n) is 14.0. The largest absolute Gasteiger partial charge is 0.416 e. The van der Waals surface area contributed by atoms with E-state index in [1.54, 1.807) is 29.2 Å². The Bertz CT molecular complexity index is 1080. The van der Waals surface area contributed by atoms with Crippen molar-refractivity contribution in [1.29, 1.82) is 0 Å². The normalized spacial score (nSPS) is 11.7. The molecule has 0 radical (unpaired) electrons. The van der Waals surface area contributed by atoms with Crippen molar-refractivity contribution in [2.24, 2.45) is 7.05 Å². The Kier molecular flexibility index (Phi) is 3.98. The molecule has 0 aliphatic carbocycles. The van der Waals surface area contributed by atoms with E-state index in [1.807, 2.05) is 13.2 Å². The van der Waals surface area contributed by atoms with Crippen LogP contribution in [0.1, 0.15) is 5.56 Å². The fourth-order valence-corrected chi connectivity index (χ4v) is 2.54. The third kappa shape index (κ3) is 3.43. The highest BCUT2D eigenvalue weighted by Gasteiger charge is 2.30. The third-order valence-corrected chi connectivity index (χ3v) is 3.89. The van der Waals surface area contributed by atoms with Crippen LogP contribution in [0.15, 0.2) is 59.5 Å². The molecule has 9 heteroatoms. The minimum absolute atomic E-state index is 0.0763. The molecule has 4 rings (SSSR count). The summed E-state index contributed by atoms with van der Waals surface area (Å²) in [6.07, 6.45) is 0.654. The van der Waals surface area contributed by atoms with Crippen molar-refractivity contribution in [3.63, 3.8) is 0 Å². The standard InChI is InChI=1S/C18H12F3N5O/c1-26-10-13(9-23-26)15-6-5-12(8-22-15)17-24-16(25-27-17)11-3-2-4-14(7-11)18(19,20)21/h2-10H,1H3. The van der Waals surface area contributed by atoms with Gasteiger partial charge in [-0.05, 0) is 24.3 Å². The molecule has 4 aromatic rings. The molecule has 0 spiro atoms. The van der Waals surface area contributed by atoms with Gasteiger partial charge in [0.05, 0.1) is 23.0 Å². The van der Waals surface area contributed by atoms with E-state index in [0.29, 0.717) is 5.56 Å². The first-order valence-corrected chi connectivity index (χ1v) is 7.87. The molecule has 0 bridgehead atoms. The summed E-state index contributed by atoms with van der Waals surface area (Å²) in [6, 6.07) is 8.30. The topological polar surface area (TPSA) is 69.6 Å². The van der Waals surface area contributed by atoms with Gasteiger partial charge < -0.3 is 4.52 Å². The first kappa shape index (κ1) is 17.0. The molecular formula is C18H12F3N5O. The molecule has 0 N–H and O–H groups in total. The molecule has 0 aliphatic rings. The van der Waals surface area contributed by atoms with Crippen LogP contribution in [0.4, 0.5) is 13.2 Å². The highest BCUT2D eigenvalue weighted by molar-refractivity contribution is 5.63. The Hall–Kier alpha value is -3.49. The highest BCUT2D eigenvalue weighted by atomic mass is 19.4. The van der Waals surface area contributed by atoms with Crippen molar-refractivity contribution in [3.8, 4) is 34.1 Å². The monoisotopic (exact) mass is 371 g/mol. The molecule has 1 aromatic carbocycles. The number of hydrogen-bond donors (Lipinski definition) is 0. The number of rotatable bonds is 3. The summed E-state index contributed by atoms with van der Waals surface area (Å²) < 4.78 is 45.4. The van der Waals surface area contributed by atoms with Crippen LogP contribution in [-0.2, 0) is 13.2 Å². The van der Waals surface area contributed by atoms with Gasteiger partial charge in [-0.15, -0.1) is 0 Å². The van der Waals surface area contributed by atoms with Crippen LogP contribution in [0.2, 0.25) is 0 Å². The average Bonchev–Trinajstić information content (AvgIpc) is 3.31. The SMILES string of the molecule is Cn1cc(-c2ccc(-c3nc(-c4cccc(C(F)(F)F)c4)no3)cn2)cn1. The first-order valence-electron chi connectivity index (χ1n) is 7.87. The molecule has 0 aliphatic heterocycles. The molecule has 3 heterocycles. The van der Waals surface area contributed by atoms with Gasteiger partial charge in [0, 0.05) is 30.6 Å². The summed E-state index contributed by atoms with van der Waals surface area (Å²) in [6.45, 7) is 0. The van der Waals surface area contributed by atoms with Gasteiger partial charge in [-0.2, -0.15) is 23.3 Å². The second-order valence-electron chi connectivity index (χ2n) is 5.84. The van der Waals surface area contributed by atoms with Crippen LogP contribution in [0.5, 0.6) is 0 Å². The molecular weight excluding hydrogens is 359 g/mol. The number of aryl methyl sites for hydroxylation is 1. The molecule has 0 unspecified atom stereocenters. The van der Waals surface area contributed by atoms with Crippen LogP contribution in [-0.4, -0.2) is 24.9 Å². The number of hydrogen-bond acceptors (Lipinski definition) is 5. The molecule has 0 saturated carbocycles. The fourth-order valence-electron chi connectivity index (χ4n) is 2.54. The number of alkyl halides is 3. The number of benzene rings is 1. The maximum absolute atomic E-state index is 12.9. The van der Waals surface area contributed by atoms with Gasteiger partial charge in [0.2, 0.25) is 5.82 Å². The number of aromatic nitrogens is 5. The third-order valence-electron chi connectivity index (χ3n) is 3.89. The maximum Gasteiger partial charge on any atom is 0.416 e. The molecule has 27 heavy (non-hydrogen) atoms. The highest BCUT2D eigenvalue weighted by Crippen LogP contribution is 2.32. The van der Waals surface area contributed by atoms with Crippen molar-refractivity contribution in [2.75, 3.05) is 0 Å².